The van der Waals surface area contributed by atoms with Gasteiger partial charge in [0.15, 0.2) is 0 Å². The van der Waals surface area contributed by atoms with Gasteiger partial charge in [0.25, 0.3) is 5.91 Å². The highest BCUT2D eigenvalue weighted by atomic mass is 79.9. The van der Waals surface area contributed by atoms with E-state index in [-0.39, 0.29) is 11.9 Å². The molecule has 1 rings (SSSR count). The number of alkyl halides is 1. The Hall–Kier alpha value is -1.03. The second kappa shape index (κ2) is 6.64. The summed E-state index contributed by atoms with van der Waals surface area (Å²) in [4.78, 5) is 12.3. The molecule has 1 aromatic carbocycles. The van der Waals surface area contributed by atoms with Gasteiger partial charge >= 0.3 is 0 Å². The molecule has 4 heteroatoms. The molecule has 0 radical (unpaired) electrons. The molecule has 0 aliphatic rings. The zero-order chi connectivity index (χ0) is 12.8. The van der Waals surface area contributed by atoms with Crippen LogP contribution < -0.4 is 10.1 Å². The Morgan fingerprint density at radius 3 is 2.76 bits per heavy atom. The third-order valence-electron chi connectivity index (χ3n) is 2.39. The number of rotatable bonds is 5. The molecule has 0 bridgehead atoms. The molecule has 1 aromatic rings. The molecule has 94 valence electrons. The Kier molecular flexibility index (Phi) is 5.48. The summed E-state index contributed by atoms with van der Waals surface area (Å²) in [5.74, 6) is 0.628. The van der Waals surface area contributed by atoms with Crippen LogP contribution in [0.25, 0.3) is 0 Å². The van der Waals surface area contributed by atoms with Crippen molar-refractivity contribution in [2.24, 2.45) is 0 Å². The van der Waals surface area contributed by atoms with Gasteiger partial charge < -0.3 is 10.1 Å². The fourth-order valence-electron chi connectivity index (χ4n) is 1.62. The van der Waals surface area contributed by atoms with Gasteiger partial charge in [0.1, 0.15) is 5.75 Å². The van der Waals surface area contributed by atoms with Crippen LogP contribution in [0, 0.1) is 0 Å². The molecule has 3 nitrogen and oxygen atoms in total. The lowest BCUT2D eigenvalue weighted by atomic mass is 10.1. The van der Waals surface area contributed by atoms with Crippen LogP contribution in [0.2, 0.25) is 0 Å². The lowest BCUT2D eigenvalue weighted by Crippen LogP contribution is -2.33. The molecule has 0 spiro atoms. The van der Waals surface area contributed by atoms with E-state index in [0.29, 0.717) is 16.1 Å². The highest BCUT2D eigenvalue weighted by Gasteiger charge is 2.11. The molecule has 0 heterocycles. The normalized spacial score (nSPS) is 13.9. The first-order valence-electron chi connectivity index (χ1n) is 5.62. The zero-order valence-electron chi connectivity index (χ0n) is 10.4. The molecule has 1 N–H and O–H groups in total. The lowest BCUT2D eigenvalue weighted by molar-refractivity contribution is 0.0938. The van der Waals surface area contributed by atoms with Gasteiger partial charge in [-0.2, -0.15) is 0 Å². The number of carbonyl (C=O) groups excluding carboxylic acids is 1. The zero-order valence-corrected chi connectivity index (χ0v) is 12.0. The summed E-state index contributed by atoms with van der Waals surface area (Å²) >= 11 is 3.47. The summed E-state index contributed by atoms with van der Waals surface area (Å²) in [6.07, 6.45) is 0.899. The number of hydrogen-bond acceptors (Lipinski definition) is 2. The number of benzene rings is 1. The second-order valence-corrected chi connectivity index (χ2v) is 5.69. The first-order chi connectivity index (χ1) is 8.02. The van der Waals surface area contributed by atoms with E-state index in [9.17, 15) is 4.79 Å². The van der Waals surface area contributed by atoms with E-state index in [2.05, 4.69) is 28.2 Å². The van der Waals surface area contributed by atoms with Crippen molar-refractivity contribution in [3.05, 3.63) is 29.8 Å². The number of methoxy groups -OCH3 is 1. The van der Waals surface area contributed by atoms with Crippen molar-refractivity contribution in [3.63, 3.8) is 0 Å². The Bertz CT molecular complexity index is 379. The number of amides is 1. The molecule has 1 amide bonds. The number of ether oxygens (including phenoxy) is 1. The fraction of sp³-hybridized carbons (Fsp3) is 0.462. The van der Waals surface area contributed by atoms with Crippen LogP contribution in [-0.2, 0) is 0 Å². The minimum absolute atomic E-state index is 0.0652. The van der Waals surface area contributed by atoms with Gasteiger partial charge in [-0.05, 0) is 31.5 Å². The van der Waals surface area contributed by atoms with Crippen molar-refractivity contribution in [2.45, 2.75) is 31.1 Å². The molecule has 0 aliphatic heterocycles. The summed E-state index contributed by atoms with van der Waals surface area (Å²) in [6.45, 7) is 4.06. The molecule has 2 unspecified atom stereocenters. The third kappa shape index (κ3) is 4.77. The predicted octanol–water partition coefficient (Wildman–Crippen LogP) is 2.99. The smallest absolute Gasteiger partial charge is 0.251 e. The summed E-state index contributed by atoms with van der Waals surface area (Å²) < 4.78 is 5.09. The molecule has 0 saturated carbocycles. The molecule has 0 saturated heterocycles. The average molecular weight is 300 g/mol. The number of hydrogen-bond donors (Lipinski definition) is 1. The first kappa shape index (κ1) is 14.0. The Morgan fingerprint density at radius 1 is 1.47 bits per heavy atom. The summed E-state index contributed by atoms with van der Waals surface area (Å²) in [5.41, 5.74) is 0.624. The van der Waals surface area contributed by atoms with E-state index < -0.39 is 0 Å². The largest absolute Gasteiger partial charge is 0.497 e. The molecule has 0 aromatic heterocycles. The van der Waals surface area contributed by atoms with E-state index >= 15 is 0 Å². The van der Waals surface area contributed by atoms with E-state index in [1.807, 2.05) is 19.1 Å². The molecular weight excluding hydrogens is 282 g/mol. The van der Waals surface area contributed by atoms with Gasteiger partial charge in [-0.3, -0.25) is 4.79 Å². The third-order valence-corrected chi connectivity index (χ3v) is 2.76. The highest BCUT2D eigenvalue weighted by molar-refractivity contribution is 9.09. The SMILES string of the molecule is COc1cccc(C(=O)NC(C)CC(C)Br)c1. The molecular formula is C13H18BrNO2. The first-order valence-corrected chi connectivity index (χ1v) is 6.53. The summed E-state index contributed by atoms with van der Waals surface area (Å²) in [6, 6.07) is 7.29. The van der Waals surface area contributed by atoms with Gasteiger partial charge in [-0.1, -0.05) is 28.9 Å². The van der Waals surface area contributed by atoms with E-state index in [1.54, 1.807) is 19.2 Å². The van der Waals surface area contributed by atoms with Crippen molar-refractivity contribution in [3.8, 4) is 5.75 Å². The van der Waals surface area contributed by atoms with Crippen LogP contribution in [0.5, 0.6) is 5.75 Å². The summed E-state index contributed by atoms with van der Waals surface area (Å²) in [7, 11) is 1.59. The standard InChI is InChI=1S/C13H18BrNO2/c1-9(14)7-10(2)15-13(16)11-5-4-6-12(8-11)17-3/h4-6,8-10H,7H2,1-3H3,(H,15,16). The number of nitrogens with one attached hydrogen (secondary N) is 1. The topological polar surface area (TPSA) is 38.3 Å². The molecule has 2 atom stereocenters. The van der Waals surface area contributed by atoms with Crippen molar-refractivity contribution in [2.75, 3.05) is 7.11 Å². The average Bonchev–Trinajstić information content (AvgIpc) is 2.27. The van der Waals surface area contributed by atoms with Crippen LogP contribution in [0.3, 0.4) is 0 Å². The number of halogens is 1. The van der Waals surface area contributed by atoms with Crippen molar-refractivity contribution >= 4 is 21.8 Å². The van der Waals surface area contributed by atoms with Crippen LogP contribution >= 0.6 is 15.9 Å². The van der Waals surface area contributed by atoms with Crippen LogP contribution in [0.15, 0.2) is 24.3 Å². The van der Waals surface area contributed by atoms with Crippen LogP contribution in [0.4, 0.5) is 0 Å². The number of carbonyl (C=O) groups is 1. The van der Waals surface area contributed by atoms with Crippen LogP contribution in [-0.4, -0.2) is 23.9 Å². The maximum absolute atomic E-state index is 11.9. The monoisotopic (exact) mass is 299 g/mol. The molecule has 17 heavy (non-hydrogen) atoms. The fourth-order valence-corrected chi connectivity index (χ4v) is 2.18. The van der Waals surface area contributed by atoms with Gasteiger partial charge in [0.2, 0.25) is 0 Å². The van der Waals surface area contributed by atoms with E-state index in [4.69, 9.17) is 4.74 Å². The molecule has 0 aliphatic carbocycles. The minimum Gasteiger partial charge on any atom is -0.497 e. The maximum atomic E-state index is 11.9. The minimum atomic E-state index is -0.0652. The van der Waals surface area contributed by atoms with Gasteiger partial charge in [-0.15, -0.1) is 0 Å². The van der Waals surface area contributed by atoms with Gasteiger partial charge in [0, 0.05) is 16.4 Å². The Balaban J connectivity index is 2.63. The van der Waals surface area contributed by atoms with Crippen LogP contribution in [0.1, 0.15) is 30.6 Å². The van der Waals surface area contributed by atoms with Crippen molar-refractivity contribution in [1.82, 2.24) is 5.32 Å². The Labute approximate surface area is 111 Å². The second-order valence-electron chi connectivity index (χ2n) is 4.12. The quantitative estimate of drug-likeness (QED) is 0.849. The summed E-state index contributed by atoms with van der Waals surface area (Å²) in [5, 5.41) is 2.95. The van der Waals surface area contributed by atoms with Crippen molar-refractivity contribution in [1.29, 1.82) is 0 Å². The lowest BCUT2D eigenvalue weighted by Gasteiger charge is -2.15. The van der Waals surface area contributed by atoms with E-state index in [0.717, 1.165) is 6.42 Å². The van der Waals surface area contributed by atoms with Gasteiger partial charge in [0.05, 0.1) is 7.11 Å². The van der Waals surface area contributed by atoms with Gasteiger partial charge in [-0.25, -0.2) is 0 Å². The molecule has 0 fully saturated rings. The highest BCUT2D eigenvalue weighted by Crippen LogP contribution is 2.13. The maximum Gasteiger partial charge on any atom is 0.251 e. The van der Waals surface area contributed by atoms with E-state index in [1.165, 1.54) is 0 Å². The predicted molar refractivity (Wildman–Crippen MR) is 72.9 cm³/mol. The van der Waals surface area contributed by atoms with Crippen molar-refractivity contribution < 1.29 is 9.53 Å². The Morgan fingerprint density at radius 2 is 2.18 bits per heavy atom.